The van der Waals surface area contributed by atoms with Crippen LogP contribution in [0.5, 0.6) is 0 Å². The van der Waals surface area contributed by atoms with Gasteiger partial charge in [0, 0.05) is 35.4 Å². The molecule has 1 aromatic heterocycles. The first-order valence-corrected chi connectivity index (χ1v) is 14.1. The van der Waals surface area contributed by atoms with Gasteiger partial charge in [0.15, 0.2) is 0 Å². The van der Waals surface area contributed by atoms with Gasteiger partial charge in [-0.2, -0.15) is 5.10 Å². The molecule has 188 valence electrons. The van der Waals surface area contributed by atoms with Gasteiger partial charge in [0.1, 0.15) is 0 Å². The van der Waals surface area contributed by atoms with Gasteiger partial charge in [-0.1, -0.05) is 65.7 Å². The number of rotatable bonds is 7. The number of nitrogens with two attached hydrogens (primary N) is 1. The monoisotopic (exact) mass is 544 g/mol. The molecule has 0 saturated carbocycles. The highest BCUT2D eigenvalue weighted by Crippen LogP contribution is 2.37. The van der Waals surface area contributed by atoms with Crippen molar-refractivity contribution < 1.29 is 0 Å². The highest BCUT2D eigenvalue weighted by Gasteiger charge is 2.29. The molecule has 2 unspecified atom stereocenters. The molecule has 2 aromatic carbocycles. The molecule has 4 nitrogen and oxygen atoms in total. The van der Waals surface area contributed by atoms with Crippen LogP contribution in [0.1, 0.15) is 66.6 Å². The minimum absolute atomic E-state index is 0.381. The predicted octanol–water partition coefficient (Wildman–Crippen LogP) is 7.15. The van der Waals surface area contributed by atoms with Gasteiger partial charge in [-0.3, -0.25) is 4.90 Å². The van der Waals surface area contributed by atoms with Crippen LogP contribution >= 0.6 is 15.9 Å². The van der Waals surface area contributed by atoms with E-state index in [1.165, 1.54) is 47.1 Å². The highest BCUT2D eigenvalue weighted by atomic mass is 79.9. The van der Waals surface area contributed by atoms with Gasteiger partial charge in [-0.05, 0) is 91.6 Å². The number of benzene rings is 2. The van der Waals surface area contributed by atoms with E-state index in [1.807, 2.05) is 0 Å². The third-order valence-corrected chi connectivity index (χ3v) is 8.24. The van der Waals surface area contributed by atoms with Gasteiger partial charge in [-0.15, -0.1) is 0 Å². The van der Waals surface area contributed by atoms with Crippen LogP contribution in [0.3, 0.4) is 0 Å². The SMILES string of the molecule is Cc1ccc(CCN2CCCCC2c2cn(-c3ccc(Br)cc3)nc2C2=CCC(C)C=C2)cc1CN. The molecule has 0 radical (unpaired) electrons. The predicted molar refractivity (Wildman–Crippen MR) is 153 cm³/mol. The molecule has 0 bridgehead atoms. The van der Waals surface area contributed by atoms with Crippen LogP contribution < -0.4 is 5.73 Å². The molecule has 36 heavy (non-hydrogen) atoms. The van der Waals surface area contributed by atoms with E-state index >= 15 is 0 Å². The summed E-state index contributed by atoms with van der Waals surface area (Å²) in [5.41, 5.74) is 14.7. The number of allylic oxidation sites excluding steroid dienone is 4. The first-order valence-electron chi connectivity index (χ1n) is 13.3. The molecule has 2 aliphatic rings. The first kappa shape index (κ1) is 25.2. The number of hydrogen-bond donors (Lipinski definition) is 1. The van der Waals surface area contributed by atoms with Crippen molar-refractivity contribution in [2.45, 2.75) is 58.5 Å². The summed E-state index contributed by atoms with van der Waals surface area (Å²) >= 11 is 3.56. The molecule has 5 heteroatoms. The Morgan fingerprint density at radius 1 is 1.11 bits per heavy atom. The Kier molecular flexibility index (Phi) is 7.90. The number of hydrogen-bond acceptors (Lipinski definition) is 3. The zero-order valence-corrected chi connectivity index (χ0v) is 23.0. The fraction of sp³-hybridized carbons (Fsp3) is 0.387. The molecule has 1 aliphatic heterocycles. The van der Waals surface area contributed by atoms with Crippen molar-refractivity contribution in [1.29, 1.82) is 0 Å². The Morgan fingerprint density at radius 2 is 1.94 bits per heavy atom. The zero-order valence-electron chi connectivity index (χ0n) is 21.5. The molecule has 1 fully saturated rings. The van der Waals surface area contributed by atoms with E-state index in [0.717, 1.165) is 41.8 Å². The summed E-state index contributed by atoms with van der Waals surface area (Å²) in [4.78, 5) is 2.69. The molecule has 2 N–H and O–H groups in total. The number of piperidine rings is 1. The molecule has 1 aliphatic carbocycles. The molecule has 0 spiro atoms. The lowest BCUT2D eigenvalue weighted by Crippen LogP contribution is -2.35. The topological polar surface area (TPSA) is 47.1 Å². The number of halogens is 1. The van der Waals surface area contributed by atoms with E-state index in [0.29, 0.717) is 18.5 Å². The summed E-state index contributed by atoms with van der Waals surface area (Å²) in [6.45, 7) is 7.20. The van der Waals surface area contributed by atoms with E-state index in [-0.39, 0.29) is 0 Å². The molecule has 1 saturated heterocycles. The maximum Gasteiger partial charge on any atom is 0.0972 e. The minimum Gasteiger partial charge on any atom is -0.326 e. The maximum absolute atomic E-state index is 5.98. The van der Waals surface area contributed by atoms with Crippen LogP contribution in [0, 0.1) is 12.8 Å². The summed E-state index contributed by atoms with van der Waals surface area (Å²) in [5, 5.41) is 5.16. The Bertz CT molecular complexity index is 1250. The standard InChI is InChI=1S/C31H37BrN4/c1-22-6-10-25(11-7-22)31-29(21-36(34-31)28-14-12-27(32)13-15-28)30-5-3-4-17-35(30)18-16-24-9-8-23(2)26(19-24)20-33/h6,8-15,19,21-22,30H,3-5,7,16-18,20,33H2,1-2H3. The molecular formula is C31H37BrN4. The second kappa shape index (κ2) is 11.3. The van der Waals surface area contributed by atoms with Crippen molar-refractivity contribution in [2.24, 2.45) is 11.7 Å². The smallest absolute Gasteiger partial charge is 0.0972 e. The summed E-state index contributed by atoms with van der Waals surface area (Å²) in [7, 11) is 0. The van der Waals surface area contributed by atoms with E-state index in [4.69, 9.17) is 10.8 Å². The maximum atomic E-state index is 5.98. The normalized spacial score (nSPS) is 20.5. The molecule has 5 rings (SSSR count). The fourth-order valence-corrected chi connectivity index (χ4v) is 5.73. The van der Waals surface area contributed by atoms with Crippen molar-refractivity contribution >= 4 is 21.5 Å². The Hall–Kier alpha value is -2.47. The lowest BCUT2D eigenvalue weighted by molar-refractivity contribution is 0.150. The van der Waals surface area contributed by atoms with Crippen molar-refractivity contribution in [3.8, 4) is 5.69 Å². The van der Waals surface area contributed by atoms with Gasteiger partial charge in [-0.25, -0.2) is 4.68 Å². The molecule has 2 heterocycles. The van der Waals surface area contributed by atoms with Crippen LogP contribution in [0.4, 0.5) is 0 Å². The average Bonchev–Trinajstić information content (AvgIpc) is 3.34. The third kappa shape index (κ3) is 5.59. The first-order chi connectivity index (χ1) is 17.5. The summed E-state index contributed by atoms with van der Waals surface area (Å²) in [6, 6.07) is 15.6. The van der Waals surface area contributed by atoms with Crippen molar-refractivity contribution in [3.05, 3.63) is 99.3 Å². The lowest BCUT2D eigenvalue weighted by atomic mass is 9.90. The van der Waals surface area contributed by atoms with Gasteiger partial charge >= 0.3 is 0 Å². The average molecular weight is 546 g/mol. The largest absolute Gasteiger partial charge is 0.326 e. The third-order valence-electron chi connectivity index (χ3n) is 7.71. The van der Waals surface area contributed by atoms with E-state index < -0.39 is 0 Å². The Labute approximate surface area is 224 Å². The number of likely N-dealkylation sites (tertiary alicyclic amines) is 1. The van der Waals surface area contributed by atoms with Crippen LogP contribution in [-0.2, 0) is 13.0 Å². The van der Waals surface area contributed by atoms with Crippen LogP contribution in [0.25, 0.3) is 11.3 Å². The fourth-order valence-electron chi connectivity index (χ4n) is 5.47. The van der Waals surface area contributed by atoms with E-state index in [2.05, 4.69) is 106 Å². The van der Waals surface area contributed by atoms with Crippen LogP contribution in [0.15, 0.2) is 71.4 Å². The van der Waals surface area contributed by atoms with Crippen LogP contribution in [-0.4, -0.2) is 27.8 Å². The number of aromatic nitrogens is 2. The molecule has 2 atom stereocenters. The zero-order chi connectivity index (χ0) is 25.1. The van der Waals surface area contributed by atoms with Crippen molar-refractivity contribution in [2.75, 3.05) is 13.1 Å². The van der Waals surface area contributed by atoms with Crippen LogP contribution in [0.2, 0.25) is 0 Å². The van der Waals surface area contributed by atoms with Gasteiger partial charge < -0.3 is 5.73 Å². The van der Waals surface area contributed by atoms with Crippen molar-refractivity contribution in [1.82, 2.24) is 14.7 Å². The molecular weight excluding hydrogens is 508 g/mol. The number of aryl methyl sites for hydroxylation is 1. The van der Waals surface area contributed by atoms with E-state index in [1.54, 1.807) is 0 Å². The summed E-state index contributed by atoms with van der Waals surface area (Å²) in [5.74, 6) is 0.588. The van der Waals surface area contributed by atoms with Gasteiger partial charge in [0.25, 0.3) is 0 Å². The lowest BCUT2D eigenvalue weighted by Gasteiger charge is -2.36. The Balaban J connectivity index is 1.46. The van der Waals surface area contributed by atoms with Gasteiger partial charge in [0.2, 0.25) is 0 Å². The molecule has 3 aromatic rings. The minimum atomic E-state index is 0.381. The second-order valence-corrected chi connectivity index (χ2v) is 11.3. The second-order valence-electron chi connectivity index (χ2n) is 10.3. The summed E-state index contributed by atoms with van der Waals surface area (Å²) < 4.78 is 3.16. The van der Waals surface area contributed by atoms with Crippen molar-refractivity contribution in [3.63, 3.8) is 0 Å². The van der Waals surface area contributed by atoms with Gasteiger partial charge in [0.05, 0.1) is 11.4 Å². The quantitative estimate of drug-likeness (QED) is 0.343. The number of nitrogens with zero attached hydrogens (tertiary/aromatic N) is 3. The molecule has 0 amide bonds. The highest BCUT2D eigenvalue weighted by molar-refractivity contribution is 9.10. The van der Waals surface area contributed by atoms with E-state index in [9.17, 15) is 0 Å². The Morgan fingerprint density at radius 3 is 2.69 bits per heavy atom. The summed E-state index contributed by atoms with van der Waals surface area (Å²) in [6.07, 6.45) is 15.1.